The van der Waals surface area contributed by atoms with Crippen molar-refractivity contribution < 1.29 is 9.59 Å². The average molecular weight is 387 g/mol. The Bertz CT molecular complexity index is 1060. The van der Waals surface area contributed by atoms with Crippen molar-refractivity contribution in [2.24, 2.45) is 5.92 Å². The molecule has 1 saturated heterocycles. The van der Waals surface area contributed by atoms with Crippen LogP contribution in [0.15, 0.2) is 54.7 Å². The van der Waals surface area contributed by atoms with Gasteiger partial charge in [-0.3, -0.25) is 9.59 Å². The van der Waals surface area contributed by atoms with Crippen molar-refractivity contribution in [2.45, 2.75) is 31.6 Å². The van der Waals surface area contributed by atoms with Crippen LogP contribution in [0, 0.1) is 5.92 Å². The van der Waals surface area contributed by atoms with E-state index in [0.717, 1.165) is 38.8 Å². The summed E-state index contributed by atoms with van der Waals surface area (Å²) in [5.41, 5.74) is 3.88. The first kappa shape index (κ1) is 18.0. The molecule has 1 aromatic heterocycles. The maximum absolute atomic E-state index is 13.0. The van der Waals surface area contributed by atoms with Crippen LogP contribution in [-0.4, -0.2) is 34.8 Å². The van der Waals surface area contributed by atoms with Crippen molar-refractivity contribution >= 4 is 28.4 Å². The van der Waals surface area contributed by atoms with Crippen LogP contribution in [0.4, 0.5) is 5.69 Å². The zero-order valence-corrected chi connectivity index (χ0v) is 16.4. The van der Waals surface area contributed by atoms with Crippen LogP contribution in [0.2, 0.25) is 0 Å². The van der Waals surface area contributed by atoms with E-state index in [1.54, 1.807) is 6.07 Å². The molecule has 0 bridgehead atoms. The van der Waals surface area contributed by atoms with Gasteiger partial charge in [-0.1, -0.05) is 24.3 Å². The number of hydrogen-bond donors (Lipinski definition) is 2. The number of amides is 2. The number of benzene rings is 2. The smallest absolute Gasteiger partial charge is 0.253 e. The van der Waals surface area contributed by atoms with E-state index in [9.17, 15) is 9.59 Å². The summed E-state index contributed by atoms with van der Waals surface area (Å²) in [5, 5.41) is 4.22. The number of aromatic nitrogens is 1. The van der Waals surface area contributed by atoms with Gasteiger partial charge < -0.3 is 15.2 Å². The number of nitrogens with zero attached hydrogens (tertiary/aromatic N) is 1. The summed E-state index contributed by atoms with van der Waals surface area (Å²) in [6.07, 6.45) is 5.99. The van der Waals surface area contributed by atoms with E-state index in [0.29, 0.717) is 17.2 Å². The number of carbonyl (C=O) groups excluding carboxylic acids is 2. The molecule has 148 valence electrons. The molecule has 3 aromatic rings. The number of aromatic amines is 1. The maximum atomic E-state index is 13.0. The first-order chi connectivity index (χ1) is 14.2. The van der Waals surface area contributed by atoms with Crippen LogP contribution in [-0.2, 0) is 4.79 Å². The predicted octanol–water partition coefficient (Wildman–Crippen LogP) is 4.54. The first-order valence-electron chi connectivity index (χ1n) is 10.5. The minimum absolute atomic E-state index is 0.0462. The van der Waals surface area contributed by atoms with Gasteiger partial charge in [0.15, 0.2) is 0 Å². The molecule has 5 nitrogen and oxygen atoms in total. The molecule has 5 heteroatoms. The van der Waals surface area contributed by atoms with E-state index in [2.05, 4.69) is 34.7 Å². The van der Waals surface area contributed by atoms with E-state index >= 15 is 0 Å². The highest BCUT2D eigenvalue weighted by Crippen LogP contribution is 2.34. The van der Waals surface area contributed by atoms with Crippen LogP contribution in [0.5, 0.6) is 0 Å². The topological polar surface area (TPSA) is 65.2 Å². The van der Waals surface area contributed by atoms with Crippen molar-refractivity contribution in [3.8, 4) is 0 Å². The SMILES string of the molecule is O=C(Nc1cccc(C(=O)N2CCC(c3c[nH]c4ccccc34)CC2)c1)C1CC1. The number of piperidine rings is 1. The zero-order valence-electron chi connectivity index (χ0n) is 16.4. The lowest BCUT2D eigenvalue weighted by Gasteiger charge is -2.32. The number of carbonyl (C=O) groups is 2. The molecule has 1 saturated carbocycles. The lowest BCUT2D eigenvalue weighted by Crippen LogP contribution is -2.37. The van der Waals surface area contributed by atoms with Gasteiger partial charge in [0.2, 0.25) is 5.91 Å². The van der Waals surface area contributed by atoms with Crippen LogP contribution in [0.25, 0.3) is 10.9 Å². The number of H-pyrrole nitrogens is 1. The highest BCUT2D eigenvalue weighted by atomic mass is 16.2. The molecular weight excluding hydrogens is 362 g/mol. The molecular formula is C24H25N3O2. The summed E-state index contributed by atoms with van der Waals surface area (Å²) in [6.45, 7) is 1.50. The second-order valence-electron chi connectivity index (χ2n) is 8.20. The first-order valence-corrected chi connectivity index (χ1v) is 10.5. The number of para-hydroxylation sites is 1. The Morgan fingerprint density at radius 1 is 0.966 bits per heavy atom. The number of nitrogens with one attached hydrogen (secondary N) is 2. The largest absolute Gasteiger partial charge is 0.361 e. The van der Waals surface area contributed by atoms with E-state index in [-0.39, 0.29) is 17.7 Å². The van der Waals surface area contributed by atoms with Crippen molar-refractivity contribution in [1.29, 1.82) is 0 Å². The van der Waals surface area contributed by atoms with Gasteiger partial charge in [-0.15, -0.1) is 0 Å². The quantitative estimate of drug-likeness (QED) is 0.690. The van der Waals surface area contributed by atoms with Gasteiger partial charge in [0, 0.05) is 47.4 Å². The Morgan fingerprint density at radius 3 is 2.55 bits per heavy atom. The van der Waals surface area contributed by atoms with E-state index in [1.165, 1.54) is 16.5 Å². The van der Waals surface area contributed by atoms with Crippen LogP contribution in [0.3, 0.4) is 0 Å². The van der Waals surface area contributed by atoms with Crippen LogP contribution < -0.4 is 5.32 Å². The van der Waals surface area contributed by atoms with Crippen molar-refractivity contribution in [2.75, 3.05) is 18.4 Å². The van der Waals surface area contributed by atoms with Gasteiger partial charge >= 0.3 is 0 Å². The molecule has 2 aliphatic rings. The van der Waals surface area contributed by atoms with E-state index in [1.807, 2.05) is 29.2 Å². The fourth-order valence-corrected chi connectivity index (χ4v) is 4.33. The predicted molar refractivity (Wildman–Crippen MR) is 114 cm³/mol. The second-order valence-corrected chi connectivity index (χ2v) is 8.20. The van der Waals surface area contributed by atoms with Gasteiger partial charge in [-0.2, -0.15) is 0 Å². The summed E-state index contributed by atoms with van der Waals surface area (Å²) >= 11 is 0. The van der Waals surface area contributed by atoms with E-state index < -0.39 is 0 Å². The van der Waals surface area contributed by atoms with Gasteiger partial charge in [0.05, 0.1) is 0 Å². The van der Waals surface area contributed by atoms with Crippen molar-refractivity contribution in [1.82, 2.24) is 9.88 Å². The summed E-state index contributed by atoms with van der Waals surface area (Å²) in [5.74, 6) is 0.733. The Balaban J connectivity index is 1.25. The Morgan fingerprint density at radius 2 is 1.76 bits per heavy atom. The summed E-state index contributed by atoms with van der Waals surface area (Å²) in [7, 11) is 0. The lowest BCUT2D eigenvalue weighted by molar-refractivity contribution is -0.117. The molecule has 2 N–H and O–H groups in total. The number of fused-ring (bicyclic) bond motifs is 1. The molecule has 2 heterocycles. The Hall–Kier alpha value is -3.08. The molecule has 2 amide bonds. The molecule has 2 fully saturated rings. The summed E-state index contributed by atoms with van der Waals surface area (Å²) in [6, 6.07) is 15.7. The molecule has 0 spiro atoms. The Labute approximate surface area is 170 Å². The minimum Gasteiger partial charge on any atom is -0.361 e. The molecule has 29 heavy (non-hydrogen) atoms. The number of rotatable bonds is 4. The standard InChI is InChI=1S/C24H25N3O2/c28-23(17-8-9-17)26-19-5-3-4-18(14-19)24(29)27-12-10-16(11-13-27)21-15-25-22-7-2-1-6-20(21)22/h1-7,14-17,25H,8-13H2,(H,26,28). The van der Waals surface area contributed by atoms with Crippen molar-refractivity contribution in [3.05, 3.63) is 65.9 Å². The van der Waals surface area contributed by atoms with Gasteiger partial charge in [0.1, 0.15) is 0 Å². The number of anilines is 1. The number of hydrogen-bond acceptors (Lipinski definition) is 2. The summed E-state index contributed by atoms with van der Waals surface area (Å²) in [4.78, 5) is 30.3. The molecule has 1 aliphatic heterocycles. The third kappa shape index (κ3) is 3.65. The third-order valence-corrected chi connectivity index (χ3v) is 6.17. The molecule has 5 rings (SSSR count). The average Bonchev–Trinajstić information content (AvgIpc) is 3.53. The highest BCUT2D eigenvalue weighted by Gasteiger charge is 2.30. The van der Waals surface area contributed by atoms with Gasteiger partial charge in [-0.05, 0) is 61.4 Å². The second kappa shape index (κ2) is 7.39. The Kier molecular flexibility index (Phi) is 4.58. The fourth-order valence-electron chi connectivity index (χ4n) is 4.33. The zero-order chi connectivity index (χ0) is 19.8. The number of likely N-dealkylation sites (tertiary alicyclic amines) is 1. The van der Waals surface area contributed by atoms with Gasteiger partial charge in [-0.25, -0.2) is 0 Å². The lowest BCUT2D eigenvalue weighted by atomic mass is 9.89. The fraction of sp³-hybridized carbons (Fsp3) is 0.333. The molecule has 0 atom stereocenters. The van der Waals surface area contributed by atoms with Crippen LogP contribution in [0.1, 0.15) is 47.5 Å². The molecule has 0 radical (unpaired) electrons. The normalized spacial score (nSPS) is 17.4. The molecule has 2 aromatic carbocycles. The monoisotopic (exact) mass is 387 g/mol. The highest BCUT2D eigenvalue weighted by molar-refractivity contribution is 5.98. The third-order valence-electron chi connectivity index (χ3n) is 6.17. The van der Waals surface area contributed by atoms with E-state index in [4.69, 9.17) is 0 Å². The maximum Gasteiger partial charge on any atom is 0.253 e. The van der Waals surface area contributed by atoms with Crippen LogP contribution >= 0.6 is 0 Å². The van der Waals surface area contributed by atoms with Crippen molar-refractivity contribution in [3.63, 3.8) is 0 Å². The minimum atomic E-state index is 0.0462. The summed E-state index contributed by atoms with van der Waals surface area (Å²) < 4.78 is 0. The molecule has 1 aliphatic carbocycles. The molecule has 0 unspecified atom stereocenters. The van der Waals surface area contributed by atoms with Gasteiger partial charge in [0.25, 0.3) is 5.91 Å².